The highest BCUT2D eigenvalue weighted by Gasteiger charge is 2.42. The number of aliphatic hydroxyl groups is 1. The van der Waals surface area contributed by atoms with Crippen LogP contribution in [0, 0.1) is 5.41 Å². The van der Waals surface area contributed by atoms with Crippen LogP contribution in [0.25, 0.3) is 0 Å². The monoisotopic (exact) mass is 228 g/mol. The van der Waals surface area contributed by atoms with Crippen molar-refractivity contribution in [3.8, 4) is 0 Å². The van der Waals surface area contributed by atoms with Crippen LogP contribution in [0.5, 0.6) is 0 Å². The first-order valence-electron chi connectivity index (χ1n) is 5.93. The zero-order valence-electron chi connectivity index (χ0n) is 9.45. The number of carbonyl (C=O) groups is 1. The summed E-state index contributed by atoms with van der Waals surface area (Å²) in [5.41, 5.74) is 5.44. The van der Waals surface area contributed by atoms with Crippen molar-refractivity contribution in [3.05, 3.63) is 0 Å². The van der Waals surface area contributed by atoms with Crippen LogP contribution in [-0.2, 0) is 9.53 Å². The molecule has 2 atom stereocenters. The molecule has 2 aliphatic rings. The van der Waals surface area contributed by atoms with Gasteiger partial charge in [-0.25, -0.2) is 0 Å². The van der Waals surface area contributed by atoms with E-state index in [4.69, 9.17) is 15.6 Å². The predicted molar refractivity (Wildman–Crippen MR) is 58.7 cm³/mol. The van der Waals surface area contributed by atoms with Gasteiger partial charge >= 0.3 is 0 Å². The van der Waals surface area contributed by atoms with Crippen LogP contribution in [0.4, 0.5) is 0 Å². The molecule has 0 radical (unpaired) electrons. The molecule has 2 fully saturated rings. The lowest BCUT2D eigenvalue weighted by atomic mass is 10.1. The van der Waals surface area contributed by atoms with Gasteiger partial charge in [-0.15, -0.1) is 0 Å². The first-order valence-corrected chi connectivity index (χ1v) is 5.93. The van der Waals surface area contributed by atoms with Gasteiger partial charge in [-0.1, -0.05) is 0 Å². The van der Waals surface area contributed by atoms with E-state index in [1.807, 2.05) is 0 Å². The van der Waals surface area contributed by atoms with Gasteiger partial charge in [0.15, 0.2) is 0 Å². The Labute approximate surface area is 95.3 Å². The molecular weight excluding hydrogens is 208 g/mol. The normalized spacial score (nSPS) is 31.4. The summed E-state index contributed by atoms with van der Waals surface area (Å²) >= 11 is 0. The van der Waals surface area contributed by atoms with Gasteiger partial charge in [0.25, 0.3) is 0 Å². The van der Waals surface area contributed by atoms with E-state index in [1.54, 1.807) is 0 Å². The summed E-state index contributed by atoms with van der Waals surface area (Å²) < 4.78 is 5.49. The first kappa shape index (κ1) is 11.8. The van der Waals surface area contributed by atoms with Crippen molar-refractivity contribution in [3.63, 3.8) is 0 Å². The Balaban J connectivity index is 1.72. The molecule has 2 unspecified atom stereocenters. The smallest absolute Gasteiger partial charge is 0.249 e. The number of nitrogens with one attached hydrogen (secondary N) is 1. The van der Waals surface area contributed by atoms with E-state index in [0.29, 0.717) is 13.1 Å². The SMILES string of the molecule is NCC1CCC(C(=O)NCC2(CO)CC2)O1. The summed E-state index contributed by atoms with van der Waals surface area (Å²) in [4.78, 5) is 11.7. The van der Waals surface area contributed by atoms with E-state index < -0.39 is 0 Å². The predicted octanol–water partition coefficient (Wildman–Crippen LogP) is -0.619. The lowest BCUT2D eigenvalue weighted by molar-refractivity contribution is -0.132. The third-order valence-electron chi connectivity index (χ3n) is 3.59. The molecule has 0 aromatic rings. The van der Waals surface area contributed by atoms with E-state index in [2.05, 4.69) is 5.32 Å². The van der Waals surface area contributed by atoms with E-state index in [0.717, 1.165) is 25.7 Å². The fraction of sp³-hybridized carbons (Fsp3) is 0.909. The number of nitrogens with two attached hydrogens (primary N) is 1. The van der Waals surface area contributed by atoms with Gasteiger partial charge in [-0.2, -0.15) is 0 Å². The van der Waals surface area contributed by atoms with Gasteiger partial charge < -0.3 is 20.9 Å². The second-order valence-electron chi connectivity index (χ2n) is 4.94. The fourth-order valence-corrected chi connectivity index (χ4v) is 2.03. The Morgan fingerprint density at radius 2 is 2.25 bits per heavy atom. The van der Waals surface area contributed by atoms with Crippen LogP contribution >= 0.6 is 0 Å². The number of hydrogen-bond acceptors (Lipinski definition) is 4. The number of amides is 1. The summed E-state index contributed by atoms with van der Waals surface area (Å²) in [6, 6.07) is 0. The number of hydrogen-bond donors (Lipinski definition) is 3. The minimum absolute atomic E-state index is 0.0310. The third kappa shape index (κ3) is 2.53. The molecule has 16 heavy (non-hydrogen) atoms. The highest BCUT2D eigenvalue weighted by Crippen LogP contribution is 2.44. The van der Waals surface area contributed by atoms with Crippen molar-refractivity contribution >= 4 is 5.91 Å². The van der Waals surface area contributed by atoms with E-state index in [9.17, 15) is 4.79 Å². The molecule has 0 spiro atoms. The van der Waals surface area contributed by atoms with Crippen LogP contribution in [0.2, 0.25) is 0 Å². The van der Waals surface area contributed by atoms with Crippen molar-refractivity contribution in [2.75, 3.05) is 19.7 Å². The Bertz CT molecular complexity index is 266. The minimum atomic E-state index is -0.344. The zero-order chi connectivity index (χ0) is 11.6. The van der Waals surface area contributed by atoms with Crippen LogP contribution in [0.3, 0.4) is 0 Å². The van der Waals surface area contributed by atoms with Crippen LogP contribution < -0.4 is 11.1 Å². The Hall–Kier alpha value is -0.650. The molecule has 92 valence electrons. The van der Waals surface area contributed by atoms with Gasteiger partial charge in [0.05, 0.1) is 12.7 Å². The molecule has 1 saturated carbocycles. The highest BCUT2D eigenvalue weighted by atomic mass is 16.5. The van der Waals surface area contributed by atoms with Crippen LogP contribution in [0.1, 0.15) is 25.7 Å². The van der Waals surface area contributed by atoms with Crippen LogP contribution in [-0.4, -0.2) is 42.9 Å². The molecule has 0 aromatic heterocycles. The summed E-state index contributed by atoms with van der Waals surface area (Å²) in [6.45, 7) is 1.20. The summed E-state index contributed by atoms with van der Waals surface area (Å²) in [6.07, 6.45) is 3.30. The molecule has 1 saturated heterocycles. The minimum Gasteiger partial charge on any atom is -0.396 e. The number of aliphatic hydroxyl groups excluding tert-OH is 1. The second-order valence-corrected chi connectivity index (χ2v) is 4.94. The molecule has 0 bridgehead atoms. The largest absolute Gasteiger partial charge is 0.396 e. The van der Waals surface area contributed by atoms with Gasteiger partial charge in [0, 0.05) is 18.5 Å². The highest BCUT2D eigenvalue weighted by molar-refractivity contribution is 5.81. The summed E-state index contributed by atoms with van der Waals surface area (Å²) in [5.74, 6) is -0.0596. The van der Waals surface area contributed by atoms with E-state index in [1.165, 1.54) is 0 Å². The van der Waals surface area contributed by atoms with Gasteiger partial charge in [-0.3, -0.25) is 4.79 Å². The molecule has 5 nitrogen and oxygen atoms in total. The molecule has 1 aliphatic heterocycles. The van der Waals surface area contributed by atoms with Gasteiger partial charge in [-0.05, 0) is 25.7 Å². The van der Waals surface area contributed by atoms with E-state index >= 15 is 0 Å². The Morgan fingerprint density at radius 3 is 2.75 bits per heavy atom. The first-order chi connectivity index (χ1) is 7.69. The number of rotatable bonds is 5. The summed E-state index contributed by atoms with van der Waals surface area (Å²) in [7, 11) is 0. The van der Waals surface area contributed by atoms with Crippen molar-refractivity contribution < 1.29 is 14.6 Å². The average molecular weight is 228 g/mol. The maximum absolute atomic E-state index is 11.7. The maximum atomic E-state index is 11.7. The molecule has 5 heteroatoms. The van der Waals surface area contributed by atoms with Crippen molar-refractivity contribution in [2.45, 2.75) is 37.9 Å². The molecule has 1 amide bonds. The van der Waals surface area contributed by atoms with Gasteiger partial charge in [0.1, 0.15) is 6.10 Å². The van der Waals surface area contributed by atoms with Crippen molar-refractivity contribution in [2.24, 2.45) is 11.1 Å². The molecule has 1 heterocycles. The lowest BCUT2D eigenvalue weighted by Gasteiger charge is -2.16. The fourth-order valence-electron chi connectivity index (χ4n) is 2.03. The molecule has 2 rings (SSSR count). The van der Waals surface area contributed by atoms with Crippen molar-refractivity contribution in [1.82, 2.24) is 5.32 Å². The standard InChI is InChI=1S/C11H20N2O3/c12-5-8-1-2-9(16-8)10(15)13-6-11(7-14)3-4-11/h8-9,14H,1-7,12H2,(H,13,15). The molecule has 0 aromatic carbocycles. The summed E-state index contributed by atoms with van der Waals surface area (Å²) in [5, 5.41) is 12.0. The zero-order valence-corrected chi connectivity index (χ0v) is 9.45. The second kappa shape index (κ2) is 4.69. The Kier molecular flexibility index (Phi) is 3.47. The quantitative estimate of drug-likeness (QED) is 0.585. The van der Waals surface area contributed by atoms with Gasteiger partial charge in [0.2, 0.25) is 5.91 Å². The average Bonchev–Trinajstić information content (AvgIpc) is 2.94. The molecular formula is C11H20N2O3. The topological polar surface area (TPSA) is 84.6 Å². The Morgan fingerprint density at radius 1 is 1.50 bits per heavy atom. The maximum Gasteiger partial charge on any atom is 0.249 e. The van der Waals surface area contributed by atoms with Crippen LogP contribution in [0.15, 0.2) is 0 Å². The third-order valence-corrected chi connectivity index (χ3v) is 3.59. The number of ether oxygens (including phenoxy) is 1. The number of carbonyl (C=O) groups excluding carboxylic acids is 1. The molecule has 1 aliphatic carbocycles. The lowest BCUT2D eigenvalue weighted by Crippen LogP contribution is -2.39. The molecule has 4 N–H and O–H groups in total. The van der Waals surface area contributed by atoms with E-state index in [-0.39, 0.29) is 30.1 Å². The van der Waals surface area contributed by atoms with Crippen molar-refractivity contribution in [1.29, 1.82) is 0 Å².